The Kier molecular flexibility index (Phi) is 4.26. The third-order valence-corrected chi connectivity index (χ3v) is 6.60. The summed E-state index contributed by atoms with van der Waals surface area (Å²) in [6.45, 7) is 1.83. The molecule has 1 heterocycles. The Hall–Kier alpha value is -1.20. The van der Waals surface area contributed by atoms with Crippen LogP contribution >= 0.6 is 0 Å². The normalized spacial score (nSPS) is 18.8. The molecule has 0 spiro atoms. The van der Waals surface area contributed by atoms with Crippen LogP contribution in [-0.2, 0) is 20.2 Å². The van der Waals surface area contributed by atoms with Gasteiger partial charge in [0.1, 0.15) is 4.90 Å². The van der Waals surface area contributed by atoms with E-state index in [-0.39, 0.29) is 36.8 Å². The third-order valence-electron chi connectivity index (χ3n) is 3.40. The van der Waals surface area contributed by atoms with Crippen molar-refractivity contribution in [1.29, 1.82) is 0 Å². The van der Waals surface area contributed by atoms with Gasteiger partial charge in [-0.2, -0.15) is 17.0 Å². The number of aryl methyl sites for hydroxylation is 1. The molecule has 0 radical (unpaired) electrons. The lowest BCUT2D eigenvalue weighted by molar-refractivity contribution is 0.273. The van der Waals surface area contributed by atoms with Gasteiger partial charge in [0.25, 0.3) is 10.2 Å². The summed E-state index contributed by atoms with van der Waals surface area (Å²) in [7, 11) is -7.53. The van der Waals surface area contributed by atoms with Crippen molar-refractivity contribution >= 4 is 25.9 Å². The quantitative estimate of drug-likeness (QED) is 0.692. The fourth-order valence-corrected chi connectivity index (χ4v) is 4.74. The van der Waals surface area contributed by atoms with Crippen LogP contribution in [0.25, 0.3) is 0 Å². The molecular formula is C11H18N4O4S2. The summed E-state index contributed by atoms with van der Waals surface area (Å²) in [5.41, 5.74) is 6.52. The molecule has 0 aromatic heterocycles. The van der Waals surface area contributed by atoms with E-state index in [0.717, 1.165) is 4.31 Å². The first-order valence-electron chi connectivity index (χ1n) is 6.27. The zero-order valence-electron chi connectivity index (χ0n) is 11.6. The molecule has 1 aliphatic rings. The molecular weight excluding hydrogens is 316 g/mol. The molecule has 1 aromatic rings. The zero-order valence-corrected chi connectivity index (χ0v) is 13.2. The van der Waals surface area contributed by atoms with Gasteiger partial charge in [-0.15, -0.1) is 0 Å². The van der Waals surface area contributed by atoms with E-state index in [1.54, 1.807) is 19.1 Å². The average molecular weight is 334 g/mol. The number of anilines is 1. The minimum atomic E-state index is -3.79. The highest BCUT2D eigenvalue weighted by atomic mass is 32.2. The Morgan fingerprint density at radius 3 is 2.00 bits per heavy atom. The number of nitrogen functional groups attached to an aromatic ring is 1. The third kappa shape index (κ3) is 3.19. The SMILES string of the molecule is Cc1cccc(N)c1S(=O)(=O)N1CCN(S(N)(=O)=O)CC1. The maximum atomic E-state index is 12.6. The van der Waals surface area contributed by atoms with Gasteiger partial charge in [0.15, 0.2) is 0 Å². The Bertz CT molecular complexity index is 717. The number of nitrogens with two attached hydrogens (primary N) is 2. The molecule has 0 amide bonds. The largest absolute Gasteiger partial charge is 0.398 e. The Labute approximate surface area is 124 Å². The maximum absolute atomic E-state index is 12.6. The van der Waals surface area contributed by atoms with E-state index in [1.165, 1.54) is 10.4 Å². The van der Waals surface area contributed by atoms with Crippen molar-refractivity contribution in [2.24, 2.45) is 5.14 Å². The summed E-state index contributed by atoms with van der Waals surface area (Å²) in [6.07, 6.45) is 0. The van der Waals surface area contributed by atoms with Crippen LogP contribution in [0.15, 0.2) is 23.1 Å². The van der Waals surface area contributed by atoms with E-state index in [2.05, 4.69) is 0 Å². The summed E-state index contributed by atoms with van der Waals surface area (Å²) < 4.78 is 50.0. The molecule has 1 saturated heterocycles. The van der Waals surface area contributed by atoms with E-state index >= 15 is 0 Å². The van der Waals surface area contributed by atoms with Gasteiger partial charge < -0.3 is 5.73 Å². The predicted octanol–water partition coefficient (Wildman–Crippen LogP) is -0.913. The van der Waals surface area contributed by atoms with Crippen LogP contribution in [0.3, 0.4) is 0 Å². The van der Waals surface area contributed by atoms with Gasteiger partial charge in [0, 0.05) is 26.2 Å². The van der Waals surface area contributed by atoms with E-state index in [9.17, 15) is 16.8 Å². The van der Waals surface area contributed by atoms with Crippen LogP contribution < -0.4 is 10.9 Å². The molecule has 10 heteroatoms. The summed E-state index contributed by atoms with van der Waals surface area (Å²) in [5.74, 6) is 0. The van der Waals surface area contributed by atoms with Crippen molar-refractivity contribution in [2.45, 2.75) is 11.8 Å². The first-order valence-corrected chi connectivity index (χ1v) is 9.21. The number of benzene rings is 1. The smallest absolute Gasteiger partial charge is 0.276 e. The molecule has 2 rings (SSSR count). The molecule has 1 fully saturated rings. The molecule has 1 aromatic carbocycles. The van der Waals surface area contributed by atoms with E-state index in [4.69, 9.17) is 10.9 Å². The second kappa shape index (κ2) is 5.54. The minimum absolute atomic E-state index is 0.0316. The monoisotopic (exact) mass is 334 g/mol. The molecule has 0 saturated carbocycles. The molecule has 1 aliphatic heterocycles. The Morgan fingerprint density at radius 2 is 1.52 bits per heavy atom. The van der Waals surface area contributed by atoms with Crippen molar-refractivity contribution in [3.05, 3.63) is 23.8 Å². The second-order valence-corrected chi connectivity index (χ2v) is 8.26. The van der Waals surface area contributed by atoms with Crippen LogP contribution in [0.4, 0.5) is 5.69 Å². The number of hydrogen-bond acceptors (Lipinski definition) is 5. The van der Waals surface area contributed by atoms with Crippen molar-refractivity contribution < 1.29 is 16.8 Å². The van der Waals surface area contributed by atoms with Gasteiger partial charge in [-0.1, -0.05) is 12.1 Å². The number of rotatable bonds is 3. The summed E-state index contributed by atoms with van der Waals surface area (Å²) >= 11 is 0. The van der Waals surface area contributed by atoms with Crippen LogP contribution in [0.2, 0.25) is 0 Å². The zero-order chi connectivity index (χ0) is 15.8. The Balaban J connectivity index is 2.27. The van der Waals surface area contributed by atoms with Gasteiger partial charge in [-0.3, -0.25) is 0 Å². The second-order valence-electron chi connectivity index (χ2n) is 4.84. The van der Waals surface area contributed by atoms with Crippen molar-refractivity contribution in [2.75, 3.05) is 31.9 Å². The number of nitrogens with zero attached hydrogens (tertiary/aromatic N) is 2. The molecule has 21 heavy (non-hydrogen) atoms. The minimum Gasteiger partial charge on any atom is -0.398 e. The average Bonchev–Trinajstić information content (AvgIpc) is 2.37. The fraction of sp³-hybridized carbons (Fsp3) is 0.455. The van der Waals surface area contributed by atoms with E-state index < -0.39 is 20.2 Å². The van der Waals surface area contributed by atoms with Gasteiger partial charge in [-0.05, 0) is 18.6 Å². The molecule has 8 nitrogen and oxygen atoms in total. The van der Waals surface area contributed by atoms with Crippen molar-refractivity contribution in [3.63, 3.8) is 0 Å². The lowest BCUT2D eigenvalue weighted by Crippen LogP contribution is -2.52. The fourth-order valence-electron chi connectivity index (χ4n) is 2.32. The highest BCUT2D eigenvalue weighted by Crippen LogP contribution is 2.26. The molecule has 0 atom stereocenters. The van der Waals surface area contributed by atoms with Crippen LogP contribution in [0.5, 0.6) is 0 Å². The van der Waals surface area contributed by atoms with Crippen LogP contribution in [0.1, 0.15) is 5.56 Å². The summed E-state index contributed by atoms with van der Waals surface area (Å²) in [6, 6.07) is 4.88. The molecule has 118 valence electrons. The number of sulfonamides is 1. The van der Waals surface area contributed by atoms with E-state index in [1.807, 2.05) is 0 Å². The lowest BCUT2D eigenvalue weighted by Gasteiger charge is -2.32. The van der Waals surface area contributed by atoms with Crippen LogP contribution in [-0.4, -0.2) is 51.6 Å². The van der Waals surface area contributed by atoms with Crippen LogP contribution in [0, 0.1) is 6.92 Å². The molecule has 4 N–H and O–H groups in total. The topological polar surface area (TPSA) is 127 Å². The number of hydrogen-bond donors (Lipinski definition) is 2. The van der Waals surface area contributed by atoms with Gasteiger partial charge in [0.2, 0.25) is 10.0 Å². The van der Waals surface area contributed by atoms with Gasteiger partial charge >= 0.3 is 0 Å². The standard InChI is InChI=1S/C11H18N4O4S2/c1-9-3-2-4-10(12)11(9)20(16,17)14-5-7-15(8-6-14)21(13,18)19/h2-4H,5-8,12H2,1H3,(H2,13,18,19). The lowest BCUT2D eigenvalue weighted by atomic mass is 10.2. The summed E-state index contributed by atoms with van der Waals surface area (Å²) in [4.78, 5) is 0.0778. The first kappa shape index (κ1) is 16.2. The molecule has 0 aliphatic carbocycles. The first-order chi connectivity index (χ1) is 9.64. The Morgan fingerprint density at radius 1 is 1.00 bits per heavy atom. The van der Waals surface area contributed by atoms with Crippen molar-refractivity contribution in [3.8, 4) is 0 Å². The van der Waals surface area contributed by atoms with Gasteiger partial charge in [-0.25, -0.2) is 13.6 Å². The highest BCUT2D eigenvalue weighted by Gasteiger charge is 2.33. The maximum Gasteiger partial charge on any atom is 0.276 e. The summed E-state index contributed by atoms with van der Waals surface area (Å²) in [5, 5.41) is 5.03. The molecule has 0 unspecified atom stereocenters. The van der Waals surface area contributed by atoms with Crippen molar-refractivity contribution in [1.82, 2.24) is 8.61 Å². The number of piperazine rings is 1. The molecule has 0 bridgehead atoms. The highest BCUT2D eigenvalue weighted by molar-refractivity contribution is 7.89. The van der Waals surface area contributed by atoms with E-state index in [0.29, 0.717) is 5.56 Å². The van der Waals surface area contributed by atoms with Gasteiger partial charge in [0.05, 0.1) is 5.69 Å². The predicted molar refractivity (Wildman–Crippen MR) is 79.0 cm³/mol.